The summed E-state index contributed by atoms with van der Waals surface area (Å²) in [6, 6.07) is 7.40. The second kappa shape index (κ2) is 7.07. The van der Waals surface area contributed by atoms with Gasteiger partial charge in [-0.1, -0.05) is 12.1 Å². The summed E-state index contributed by atoms with van der Waals surface area (Å²) < 4.78 is 18.2. The van der Waals surface area contributed by atoms with Gasteiger partial charge in [0.05, 0.1) is 33.8 Å². The zero-order chi connectivity index (χ0) is 18.0. The third-order valence-electron chi connectivity index (χ3n) is 4.01. The zero-order valence-corrected chi connectivity index (χ0v) is 15.6. The molecule has 0 unspecified atom stereocenters. The fraction of sp³-hybridized carbons (Fsp3) is 0.500. The van der Waals surface area contributed by atoms with Crippen molar-refractivity contribution in [3.8, 4) is 0 Å². The van der Waals surface area contributed by atoms with Gasteiger partial charge >= 0.3 is 6.09 Å². The van der Waals surface area contributed by atoms with E-state index in [0.717, 1.165) is 23.9 Å². The average Bonchev–Trinajstić information content (AvgIpc) is 3.01. The highest BCUT2D eigenvalue weighted by molar-refractivity contribution is 7.85. The Bertz CT molecular complexity index is 803. The van der Waals surface area contributed by atoms with Gasteiger partial charge in [-0.3, -0.25) is 9.19 Å². The van der Waals surface area contributed by atoms with Crippen LogP contribution in [0.15, 0.2) is 35.5 Å². The van der Waals surface area contributed by atoms with Crippen LogP contribution in [-0.2, 0) is 15.5 Å². The van der Waals surface area contributed by atoms with Crippen LogP contribution in [0.25, 0.3) is 11.0 Å². The highest BCUT2D eigenvalue weighted by Crippen LogP contribution is 2.23. The first kappa shape index (κ1) is 17.8. The fourth-order valence-electron chi connectivity index (χ4n) is 2.88. The lowest BCUT2D eigenvalue weighted by Gasteiger charge is -2.28. The van der Waals surface area contributed by atoms with E-state index >= 15 is 0 Å². The van der Waals surface area contributed by atoms with Crippen molar-refractivity contribution in [2.75, 3.05) is 12.3 Å². The quantitative estimate of drug-likeness (QED) is 0.840. The van der Waals surface area contributed by atoms with Crippen LogP contribution >= 0.6 is 0 Å². The molecular weight excluding hydrogens is 338 g/mol. The first-order valence-corrected chi connectivity index (χ1v) is 9.75. The Kier molecular flexibility index (Phi) is 5.03. The van der Waals surface area contributed by atoms with Crippen LogP contribution in [-0.4, -0.2) is 49.1 Å². The van der Waals surface area contributed by atoms with Gasteiger partial charge in [-0.05, 0) is 45.7 Å². The minimum atomic E-state index is -1.31. The van der Waals surface area contributed by atoms with E-state index in [2.05, 4.69) is 9.97 Å². The molecule has 0 saturated carbocycles. The van der Waals surface area contributed by atoms with Gasteiger partial charge in [-0.15, -0.1) is 0 Å². The van der Waals surface area contributed by atoms with Crippen LogP contribution in [0, 0.1) is 0 Å². The number of nitrogens with zero attached hydrogens (tertiary/aromatic N) is 3. The topological polar surface area (TPSA) is 72.4 Å². The maximum Gasteiger partial charge on any atom is 0.410 e. The summed E-state index contributed by atoms with van der Waals surface area (Å²) in [6.07, 6.45) is 2.94. The lowest BCUT2D eigenvalue weighted by Crippen LogP contribution is -2.42. The zero-order valence-electron chi connectivity index (χ0n) is 14.8. The number of carbonyl (C=O) groups is 1. The highest BCUT2D eigenvalue weighted by atomic mass is 32.2. The molecule has 2 heterocycles. The molecule has 0 aliphatic carbocycles. The van der Waals surface area contributed by atoms with Crippen molar-refractivity contribution in [2.45, 2.75) is 50.3 Å². The number of carbonyl (C=O) groups excluding carboxylic acids is 1. The molecule has 1 saturated heterocycles. The van der Waals surface area contributed by atoms with Crippen molar-refractivity contribution in [1.82, 2.24) is 14.9 Å². The SMILES string of the molecule is CC(C)(C)OC(=O)N1CCC[C@@H]1C[S@](=O)c1cnc2ccccc2n1. The van der Waals surface area contributed by atoms with E-state index in [1.54, 1.807) is 11.1 Å². The molecule has 0 radical (unpaired) electrons. The highest BCUT2D eigenvalue weighted by Gasteiger charge is 2.33. The third-order valence-corrected chi connectivity index (χ3v) is 5.36. The van der Waals surface area contributed by atoms with Crippen molar-refractivity contribution >= 4 is 27.9 Å². The van der Waals surface area contributed by atoms with Crippen LogP contribution in [0.2, 0.25) is 0 Å². The number of hydrogen-bond donors (Lipinski definition) is 0. The normalized spacial score (nSPS) is 19.2. The van der Waals surface area contributed by atoms with Gasteiger partial charge in [0.2, 0.25) is 0 Å². The van der Waals surface area contributed by atoms with Gasteiger partial charge in [0.15, 0.2) is 0 Å². The number of amides is 1. The molecule has 2 atom stereocenters. The number of aromatic nitrogens is 2. The first-order chi connectivity index (χ1) is 11.8. The van der Waals surface area contributed by atoms with Crippen molar-refractivity contribution in [1.29, 1.82) is 0 Å². The second-order valence-electron chi connectivity index (χ2n) is 7.18. The third kappa shape index (κ3) is 4.34. The molecule has 0 bridgehead atoms. The summed E-state index contributed by atoms with van der Waals surface area (Å²) >= 11 is 0. The van der Waals surface area contributed by atoms with Crippen LogP contribution in [0.3, 0.4) is 0 Å². The molecule has 6 nitrogen and oxygen atoms in total. The smallest absolute Gasteiger partial charge is 0.410 e. The summed E-state index contributed by atoms with van der Waals surface area (Å²) in [7, 11) is -1.31. The Morgan fingerprint density at radius 3 is 2.76 bits per heavy atom. The first-order valence-electron chi connectivity index (χ1n) is 8.43. The average molecular weight is 361 g/mol. The predicted octanol–water partition coefficient (Wildman–Crippen LogP) is 3.14. The summed E-state index contributed by atoms with van der Waals surface area (Å²) in [5.74, 6) is 0.353. The number of fused-ring (bicyclic) bond motifs is 1. The van der Waals surface area contributed by atoms with E-state index in [1.165, 1.54) is 0 Å². The van der Waals surface area contributed by atoms with Crippen LogP contribution in [0.4, 0.5) is 4.79 Å². The Labute approximate surface area is 150 Å². The molecule has 3 rings (SSSR count). The Balaban J connectivity index is 1.71. The van der Waals surface area contributed by atoms with Gasteiger partial charge in [0.1, 0.15) is 10.6 Å². The standard InChI is InChI=1S/C18H23N3O3S/c1-18(2,3)24-17(22)21-10-6-7-13(21)12-25(23)16-11-19-14-8-4-5-9-15(14)20-16/h4-5,8-9,11,13H,6-7,10,12H2,1-3H3/t13-,25+/m1/s1. The minimum Gasteiger partial charge on any atom is -0.444 e. The van der Waals surface area contributed by atoms with E-state index in [0.29, 0.717) is 17.3 Å². The van der Waals surface area contributed by atoms with Crippen LogP contribution < -0.4 is 0 Å². The van der Waals surface area contributed by atoms with E-state index < -0.39 is 16.4 Å². The largest absolute Gasteiger partial charge is 0.444 e. The molecule has 1 aromatic heterocycles. The van der Waals surface area contributed by atoms with Crippen molar-refractivity contribution in [3.63, 3.8) is 0 Å². The minimum absolute atomic E-state index is 0.0936. The lowest BCUT2D eigenvalue weighted by molar-refractivity contribution is 0.0241. The number of hydrogen-bond acceptors (Lipinski definition) is 5. The Morgan fingerprint density at radius 2 is 2.04 bits per heavy atom. The van der Waals surface area contributed by atoms with Gasteiger partial charge in [0.25, 0.3) is 0 Å². The lowest BCUT2D eigenvalue weighted by atomic mass is 10.2. The summed E-state index contributed by atoms with van der Waals surface area (Å²) in [6.45, 7) is 6.18. The van der Waals surface area contributed by atoms with Gasteiger partial charge in [-0.2, -0.15) is 0 Å². The molecule has 2 aromatic rings. The molecule has 7 heteroatoms. The van der Waals surface area contributed by atoms with Crippen molar-refractivity contribution in [2.24, 2.45) is 0 Å². The maximum absolute atomic E-state index is 12.7. The number of ether oxygens (including phenoxy) is 1. The van der Waals surface area contributed by atoms with Crippen LogP contribution in [0.1, 0.15) is 33.6 Å². The summed E-state index contributed by atoms with van der Waals surface area (Å²) in [5.41, 5.74) is 0.968. The molecule has 1 amide bonds. The molecular formula is C18H23N3O3S. The van der Waals surface area contributed by atoms with Crippen LogP contribution in [0.5, 0.6) is 0 Å². The number of rotatable bonds is 3. The van der Waals surface area contributed by atoms with Crippen molar-refractivity contribution in [3.05, 3.63) is 30.5 Å². The summed E-state index contributed by atoms with van der Waals surface area (Å²) in [4.78, 5) is 22.8. The molecule has 1 aliphatic heterocycles. The Morgan fingerprint density at radius 1 is 1.32 bits per heavy atom. The molecule has 1 aromatic carbocycles. The number of para-hydroxylation sites is 2. The molecule has 134 valence electrons. The molecule has 25 heavy (non-hydrogen) atoms. The molecule has 0 spiro atoms. The molecule has 1 fully saturated rings. The van der Waals surface area contributed by atoms with E-state index in [9.17, 15) is 9.00 Å². The predicted molar refractivity (Wildman–Crippen MR) is 96.8 cm³/mol. The molecule has 0 N–H and O–H groups in total. The fourth-order valence-corrected chi connectivity index (χ4v) is 4.12. The van der Waals surface area contributed by atoms with Gasteiger partial charge in [-0.25, -0.2) is 9.78 Å². The van der Waals surface area contributed by atoms with Gasteiger partial charge < -0.3 is 9.64 Å². The maximum atomic E-state index is 12.7. The Hall–Kier alpha value is -2.02. The molecule has 1 aliphatic rings. The summed E-state index contributed by atoms with van der Waals surface area (Å²) in [5, 5.41) is 0.453. The van der Waals surface area contributed by atoms with Crippen molar-refractivity contribution < 1.29 is 13.7 Å². The monoisotopic (exact) mass is 361 g/mol. The van der Waals surface area contributed by atoms with E-state index in [-0.39, 0.29) is 12.1 Å². The number of likely N-dealkylation sites (tertiary alicyclic amines) is 1. The van der Waals surface area contributed by atoms with E-state index in [4.69, 9.17) is 4.74 Å². The second-order valence-corrected chi connectivity index (χ2v) is 8.62. The number of benzene rings is 1. The van der Waals surface area contributed by atoms with E-state index in [1.807, 2.05) is 45.0 Å². The van der Waals surface area contributed by atoms with Gasteiger partial charge in [0, 0.05) is 12.6 Å².